The van der Waals surface area contributed by atoms with Gasteiger partial charge in [-0.05, 0) is 43.2 Å². The van der Waals surface area contributed by atoms with E-state index in [4.69, 9.17) is 15.5 Å². The summed E-state index contributed by atoms with van der Waals surface area (Å²) in [6, 6.07) is 6.20. The number of aryl methyl sites for hydroxylation is 2. The predicted octanol–water partition coefficient (Wildman–Crippen LogP) is 3.10. The number of ether oxygens (including phenoxy) is 1. The maximum absolute atomic E-state index is 5.86. The number of nitrogens with two attached hydrogens (primary N) is 1. The van der Waals surface area contributed by atoms with E-state index in [0.717, 1.165) is 27.9 Å². The van der Waals surface area contributed by atoms with Gasteiger partial charge in [0.25, 0.3) is 0 Å². The highest BCUT2D eigenvalue weighted by molar-refractivity contribution is 5.86. The van der Waals surface area contributed by atoms with E-state index in [-0.39, 0.29) is 5.41 Å². The zero-order valence-corrected chi connectivity index (χ0v) is 12.4. The topological polar surface area (TPSA) is 48.1 Å². The van der Waals surface area contributed by atoms with Gasteiger partial charge in [0.2, 0.25) is 0 Å². The molecule has 0 saturated heterocycles. The molecule has 1 heterocycles. The SMILES string of the molecule is COc1cc(C)c2nc(C(C)(C)CN)cc(C)c2c1. The summed E-state index contributed by atoms with van der Waals surface area (Å²) in [4.78, 5) is 4.82. The molecular weight excluding hydrogens is 236 g/mol. The molecule has 2 N–H and O–H groups in total. The lowest BCUT2D eigenvalue weighted by molar-refractivity contribution is 0.415. The standard InChI is InChI=1S/C16H22N2O/c1-10-7-14(16(3,4)9-17)18-15-11(2)6-12(19-5)8-13(10)15/h6-8H,9,17H2,1-5H3. The van der Waals surface area contributed by atoms with Gasteiger partial charge in [-0.2, -0.15) is 0 Å². The van der Waals surface area contributed by atoms with Gasteiger partial charge in [0.15, 0.2) is 0 Å². The van der Waals surface area contributed by atoms with Crippen molar-refractivity contribution in [2.45, 2.75) is 33.1 Å². The van der Waals surface area contributed by atoms with Crippen LogP contribution in [-0.2, 0) is 5.41 Å². The highest BCUT2D eigenvalue weighted by atomic mass is 16.5. The Morgan fingerprint density at radius 1 is 1.16 bits per heavy atom. The van der Waals surface area contributed by atoms with Crippen LogP contribution < -0.4 is 10.5 Å². The van der Waals surface area contributed by atoms with E-state index < -0.39 is 0 Å². The van der Waals surface area contributed by atoms with Gasteiger partial charge in [-0.1, -0.05) is 13.8 Å². The van der Waals surface area contributed by atoms with E-state index in [0.29, 0.717) is 6.54 Å². The lowest BCUT2D eigenvalue weighted by Crippen LogP contribution is -2.29. The Balaban J connectivity index is 2.74. The molecule has 3 nitrogen and oxygen atoms in total. The fourth-order valence-corrected chi connectivity index (χ4v) is 2.20. The minimum atomic E-state index is -0.106. The number of nitrogens with zero attached hydrogens (tertiary/aromatic N) is 1. The molecular formula is C16H22N2O. The van der Waals surface area contributed by atoms with Crippen LogP contribution >= 0.6 is 0 Å². The van der Waals surface area contributed by atoms with E-state index in [1.807, 2.05) is 12.1 Å². The van der Waals surface area contributed by atoms with Crippen LogP contribution in [0.25, 0.3) is 10.9 Å². The largest absolute Gasteiger partial charge is 0.497 e. The van der Waals surface area contributed by atoms with Gasteiger partial charge in [-0.3, -0.25) is 4.98 Å². The van der Waals surface area contributed by atoms with Gasteiger partial charge in [0, 0.05) is 23.0 Å². The molecule has 0 aliphatic rings. The van der Waals surface area contributed by atoms with Crippen LogP contribution in [0, 0.1) is 13.8 Å². The second-order valence-electron chi connectivity index (χ2n) is 5.75. The Morgan fingerprint density at radius 2 is 1.84 bits per heavy atom. The zero-order valence-electron chi connectivity index (χ0n) is 12.4. The van der Waals surface area contributed by atoms with Gasteiger partial charge in [-0.15, -0.1) is 0 Å². The summed E-state index contributed by atoms with van der Waals surface area (Å²) in [6.07, 6.45) is 0. The molecule has 1 aromatic carbocycles. The van der Waals surface area contributed by atoms with Crippen molar-refractivity contribution >= 4 is 10.9 Å². The summed E-state index contributed by atoms with van der Waals surface area (Å²) in [5.41, 5.74) is 10.2. The van der Waals surface area contributed by atoms with Gasteiger partial charge < -0.3 is 10.5 Å². The number of fused-ring (bicyclic) bond motifs is 1. The Kier molecular flexibility index (Phi) is 3.50. The third kappa shape index (κ3) is 2.43. The van der Waals surface area contributed by atoms with Crippen molar-refractivity contribution in [3.8, 4) is 5.75 Å². The second-order valence-corrected chi connectivity index (χ2v) is 5.75. The van der Waals surface area contributed by atoms with Crippen molar-refractivity contribution < 1.29 is 4.74 Å². The number of hydrogen-bond donors (Lipinski definition) is 1. The van der Waals surface area contributed by atoms with E-state index in [9.17, 15) is 0 Å². The number of aromatic nitrogens is 1. The molecule has 0 aliphatic heterocycles. The quantitative estimate of drug-likeness (QED) is 0.920. The first-order valence-corrected chi connectivity index (χ1v) is 6.55. The Bertz CT molecular complexity index is 618. The van der Waals surface area contributed by atoms with E-state index >= 15 is 0 Å². The first-order chi connectivity index (χ1) is 8.89. The third-order valence-corrected chi connectivity index (χ3v) is 3.72. The first kappa shape index (κ1) is 13.8. The van der Waals surface area contributed by atoms with Crippen LogP contribution in [0.3, 0.4) is 0 Å². The molecule has 0 saturated carbocycles. The average Bonchev–Trinajstić information content (AvgIpc) is 2.39. The highest BCUT2D eigenvalue weighted by Gasteiger charge is 2.21. The van der Waals surface area contributed by atoms with Crippen molar-refractivity contribution in [2.75, 3.05) is 13.7 Å². The smallest absolute Gasteiger partial charge is 0.119 e. The predicted molar refractivity (Wildman–Crippen MR) is 79.8 cm³/mol. The summed E-state index contributed by atoms with van der Waals surface area (Å²) in [5.74, 6) is 0.876. The maximum Gasteiger partial charge on any atom is 0.119 e. The summed E-state index contributed by atoms with van der Waals surface area (Å²) < 4.78 is 5.33. The van der Waals surface area contributed by atoms with Crippen LogP contribution in [0.2, 0.25) is 0 Å². The zero-order chi connectivity index (χ0) is 14.2. The van der Waals surface area contributed by atoms with Crippen molar-refractivity contribution in [2.24, 2.45) is 5.73 Å². The monoisotopic (exact) mass is 258 g/mol. The molecule has 0 amide bonds. The van der Waals surface area contributed by atoms with Crippen molar-refractivity contribution in [1.29, 1.82) is 0 Å². The summed E-state index contributed by atoms with van der Waals surface area (Å²) in [5, 5.41) is 1.15. The molecule has 0 spiro atoms. The number of rotatable bonds is 3. The molecule has 2 aromatic rings. The average molecular weight is 258 g/mol. The highest BCUT2D eigenvalue weighted by Crippen LogP contribution is 2.30. The van der Waals surface area contributed by atoms with Crippen LogP contribution in [0.5, 0.6) is 5.75 Å². The Hall–Kier alpha value is -1.61. The molecule has 0 bridgehead atoms. The van der Waals surface area contributed by atoms with Crippen LogP contribution in [0.4, 0.5) is 0 Å². The van der Waals surface area contributed by atoms with Gasteiger partial charge >= 0.3 is 0 Å². The van der Waals surface area contributed by atoms with Crippen LogP contribution in [0.15, 0.2) is 18.2 Å². The third-order valence-electron chi connectivity index (χ3n) is 3.72. The summed E-state index contributed by atoms with van der Waals surface area (Å²) >= 11 is 0. The second kappa shape index (κ2) is 4.82. The molecule has 0 radical (unpaired) electrons. The van der Waals surface area contributed by atoms with Gasteiger partial charge in [0.05, 0.1) is 12.6 Å². The Labute approximate surface area is 114 Å². The minimum absolute atomic E-state index is 0.106. The van der Waals surface area contributed by atoms with Gasteiger partial charge in [-0.25, -0.2) is 0 Å². The molecule has 0 fully saturated rings. The lowest BCUT2D eigenvalue weighted by Gasteiger charge is -2.23. The van der Waals surface area contributed by atoms with Crippen LogP contribution in [0.1, 0.15) is 30.7 Å². The lowest BCUT2D eigenvalue weighted by atomic mass is 9.87. The number of methoxy groups -OCH3 is 1. The fraction of sp³-hybridized carbons (Fsp3) is 0.438. The number of benzene rings is 1. The van der Waals surface area contributed by atoms with Crippen molar-refractivity contribution in [1.82, 2.24) is 4.98 Å². The summed E-state index contributed by atoms with van der Waals surface area (Å²) in [7, 11) is 1.69. The van der Waals surface area contributed by atoms with Crippen molar-refractivity contribution in [3.63, 3.8) is 0 Å². The molecule has 102 valence electrons. The molecule has 19 heavy (non-hydrogen) atoms. The van der Waals surface area contributed by atoms with Gasteiger partial charge in [0.1, 0.15) is 5.75 Å². The number of hydrogen-bond acceptors (Lipinski definition) is 3. The first-order valence-electron chi connectivity index (χ1n) is 6.55. The Morgan fingerprint density at radius 3 is 2.42 bits per heavy atom. The van der Waals surface area contributed by atoms with E-state index in [2.05, 4.69) is 33.8 Å². The molecule has 2 rings (SSSR count). The van der Waals surface area contributed by atoms with Crippen LogP contribution in [-0.4, -0.2) is 18.6 Å². The van der Waals surface area contributed by atoms with E-state index in [1.54, 1.807) is 7.11 Å². The molecule has 0 aliphatic carbocycles. The van der Waals surface area contributed by atoms with E-state index in [1.165, 1.54) is 5.56 Å². The fourth-order valence-electron chi connectivity index (χ4n) is 2.20. The molecule has 3 heteroatoms. The summed E-state index contributed by atoms with van der Waals surface area (Å²) in [6.45, 7) is 9.01. The molecule has 0 unspecified atom stereocenters. The minimum Gasteiger partial charge on any atom is -0.497 e. The molecule has 1 aromatic heterocycles. The van der Waals surface area contributed by atoms with Crippen molar-refractivity contribution in [3.05, 3.63) is 35.0 Å². The number of pyridine rings is 1. The maximum atomic E-state index is 5.86. The normalized spacial score (nSPS) is 11.9. The molecule has 0 atom stereocenters.